The summed E-state index contributed by atoms with van der Waals surface area (Å²) in [6, 6.07) is 4.88. The molecule has 0 bridgehead atoms. The molecule has 0 aliphatic heterocycles. The van der Waals surface area contributed by atoms with E-state index in [9.17, 15) is 8.42 Å². The number of nitrogens with zero attached hydrogens (tertiary/aromatic N) is 1. The van der Waals surface area contributed by atoms with E-state index in [4.69, 9.17) is 10.2 Å². The van der Waals surface area contributed by atoms with Crippen molar-refractivity contribution in [2.45, 2.75) is 28.9 Å². The Morgan fingerprint density at radius 3 is 2.53 bits per heavy atom. The first-order chi connectivity index (χ1) is 8.79. The minimum atomic E-state index is -3.34. The standard InChI is InChI=1S/C12H14N2O3S2/c1-7-8(2)17-12(14-7)18-9-5-4-6-10(11(9)13)19(3,15)16/h4-6H,13H2,1-3H3. The Morgan fingerprint density at radius 1 is 1.32 bits per heavy atom. The second-order valence-corrected chi connectivity index (χ2v) is 7.14. The van der Waals surface area contributed by atoms with Crippen molar-refractivity contribution in [2.75, 3.05) is 12.0 Å². The van der Waals surface area contributed by atoms with Crippen molar-refractivity contribution in [3.63, 3.8) is 0 Å². The zero-order valence-electron chi connectivity index (χ0n) is 10.8. The number of aromatic nitrogens is 1. The van der Waals surface area contributed by atoms with Gasteiger partial charge in [0.15, 0.2) is 9.84 Å². The molecule has 0 radical (unpaired) electrons. The molecule has 0 saturated carbocycles. The Kier molecular flexibility index (Phi) is 3.60. The predicted molar refractivity (Wildman–Crippen MR) is 74.1 cm³/mol. The van der Waals surface area contributed by atoms with Gasteiger partial charge in [0.05, 0.1) is 16.3 Å². The van der Waals surface area contributed by atoms with Crippen LogP contribution in [0.2, 0.25) is 0 Å². The highest BCUT2D eigenvalue weighted by molar-refractivity contribution is 7.99. The lowest BCUT2D eigenvalue weighted by Gasteiger charge is -2.07. The second kappa shape index (κ2) is 4.90. The maximum Gasteiger partial charge on any atom is 0.261 e. The predicted octanol–water partition coefficient (Wildman–Crippen LogP) is 2.43. The first kappa shape index (κ1) is 14.0. The second-order valence-electron chi connectivity index (χ2n) is 4.16. The zero-order valence-corrected chi connectivity index (χ0v) is 12.4. The summed E-state index contributed by atoms with van der Waals surface area (Å²) in [5.74, 6) is 0.736. The third-order valence-corrected chi connectivity index (χ3v) is 4.71. The fourth-order valence-corrected chi connectivity index (χ4v) is 3.32. The van der Waals surface area contributed by atoms with Crippen LogP contribution in [0.15, 0.2) is 37.6 Å². The molecule has 0 atom stereocenters. The molecule has 0 spiro atoms. The molecule has 102 valence electrons. The fourth-order valence-electron chi connectivity index (χ4n) is 1.52. The summed E-state index contributed by atoms with van der Waals surface area (Å²) in [5.41, 5.74) is 6.92. The molecule has 1 aromatic heterocycles. The summed E-state index contributed by atoms with van der Waals surface area (Å²) in [5, 5.41) is 0.451. The van der Waals surface area contributed by atoms with Crippen molar-refractivity contribution in [1.29, 1.82) is 0 Å². The third kappa shape index (κ3) is 2.93. The Bertz CT molecular complexity index is 701. The number of nitrogens with two attached hydrogens (primary N) is 1. The number of benzene rings is 1. The molecule has 0 aliphatic carbocycles. The van der Waals surface area contributed by atoms with Crippen LogP contribution in [-0.2, 0) is 9.84 Å². The van der Waals surface area contributed by atoms with Gasteiger partial charge in [-0.15, -0.1) is 0 Å². The van der Waals surface area contributed by atoms with Gasteiger partial charge in [0, 0.05) is 11.2 Å². The van der Waals surface area contributed by atoms with Gasteiger partial charge in [0.1, 0.15) is 5.76 Å². The number of para-hydroxylation sites is 1. The Morgan fingerprint density at radius 2 is 2.00 bits per heavy atom. The van der Waals surface area contributed by atoms with E-state index in [2.05, 4.69) is 4.98 Å². The normalized spacial score (nSPS) is 11.7. The quantitative estimate of drug-likeness (QED) is 0.876. The van der Waals surface area contributed by atoms with Crippen molar-refractivity contribution < 1.29 is 12.8 Å². The van der Waals surface area contributed by atoms with Crippen molar-refractivity contribution in [3.8, 4) is 0 Å². The van der Waals surface area contributed by atoms with Crippen molar-refractivity contribution >= 4 is 27.3 Å². The van der Waals surface area contributed by atoms with Gasteiger partial charge in [-0.1, -0.05) is 6.07 Å². The molecule has 2 aromatic rings. The number of hydrogen-bond donors (Lipinski definition) is 1. The Hall–Kier alpha value is -1.47. The zero-order chi connectivity index (χ0) is 14.2. The number of nitrogen functional groups attached to an aromatic ring is 1. The van der Waals surface area contributed by atoms with Crippen LogP contribution in [0.3, 0.4) is 0 Å². The minimum Gasteiger partial charge on any atom is -0.436 e. The lowest BCUT2D eigenvalue weighted by molar-refractivity contribution is 0.431. The van der Waals surface area contributed by atoms with Crippen LogP contribution in [0, 0.1) is 13.8 Å². The average Bonchev–Trinajstić information content (AvgIpc) is 2.59. The van der Waals surface area contributed by atoms with Gasteiger partial charge in [-0.05, 0) is 37.7 Å². The summed E-state index contributed by atoms with van der Waals surface area (Å²) < 4.78 is 28.6. The van der Waals surface area contributed by atoms with Crippen LogP contribution in [-0.4, -0.2) is 19.7 Å². The molecule has 0 aliphatic rings. The number of aryl methyl sites for hydroxylation is 2. The van der Waals surface area contributed by atoms with Gasteiger partial charge in [0.2, 0.25) is 0 Å². The molecule has 0 amide bonds. The Labute approximate surface area is 116 Å². The van der Waals surface area contributed by atoms with Crippen LogP contribution < -0.4 is 5.73 Å². The first-order valence-electron chi connectivity index (χ1n) is 5.49. The number of rotatable bonds is 3. The molecule has 2 N–H and O–H groups in total. The highest BCUT2D eigenvalue weighted by Gasteiger charge is 2.16. The lowest BCUT2D eigenvalue weighted by atomic mass is 10.3. The third-order valence-electron chi connectivity index (χ3n) is 2.63. The molecule has 2 rings (SSSR count). The van der Waals surface area contributed by atoms with Crippen molar-refractivity contribution in [3.05, 3.63) is 29.7 Å². The van der Waals surface area contributed by atoms with Gasteiger partial charge < -0.3 is 10.2 Å². The average molecular weight is 298 g/mol. The van der Waals surface area contributed by atoms with E-state index in [-0.39, 0.29) is 10.6 Å². The van der Waals surface area contributed by atoms with E-state index >= 15 is 0 Å². The minimum absolute atomic E-state index is 0.123. The number of anilines is 1. The maximum atomic E-state index is 11.6. The molecular formula is C12H14N2O3S2. The van der Waals surface area contributed by atoms with Gasteiger partial charge >= 0.3 is 0 Å². The van der Waals surface area contributed by atoms with Crippen LogP contribution in [0.4, 0.5) is 5.69 Å². The maximum absolute atomic E-state index is 11.6. The van der Waals surface area contributed by atoms with Gasteiger partial charge in [0.25, 0.3) is 5.22 Å². The highest BCUT2D eigenvalue weighted by atomic mass is 32.2. The van der Waals surface area contributed by atoms with Crippen LogP contribution in [0.1, 0.15) is 11.5 Å². The number of hydrogen-bond acceptors (Lipinski definition) is 6. The first-order valence-corrected chi connectivity index (χ1v) is 8.20. The molecule has 19 heavy (non-hydrogen) atoms. The monoisotopic (exact) mass is 298 g/mol. The summed E-state index contributed by atoms with van der Waals surface area (Å²) >= 11 is 1.21. The number of oxazole rings is 1. The Balaban J connectivity index is 2.42. The fraction of sp³-hybridized carbons (Fsp3) is 0.250. The lowest BCUT2D eigenvalue weighted by Crippen LogP contribution is -2.03. The highest BCUT2D eigenvalue weighted by Crippen LogP contribution is 2.35. The molecule has 5 nitrogen and oxygen atoms in total. The van der Waals surface area contributed by atoms with Crippen LogP contribution in [0.25, 0.3) is 0 Å². The molecule has 1 heterocycles. The topological polar surface area (TPSA) is 86.2 Å². The summed E-state index contributed by atoms with van der Waals surface area (Å²) in [4.78, 5) is 4.97. The van der Waals surface area contributed by atoms with E-state index in [0.717, 1.165) is 17.7 Å². The van der Waals surface area contributed by atoms with Crippen molar-refractivity contribution in [2.24, 2.45) is 0 Å². The smallest absolute Gasteiger partial charge is 0.261 e. The van der Waals surface area contributed by atoms with E-state index < -0.39 is 9.84 Å². The number of sulfone groups is 1. The summed E-state index contributed by atoms with van der Waals surface area (Å²) in [6.07, 6.45) is 1.13. The molecule has 0 unspecified atom stereocenters. The van der Waals surface area contributed by atoms with E-state index in [0.29, 0.717) is 10.1 Å². The van der Waals surface area contributed by atoms with Gasteiger partial charge in [-0.2, -0.15) is 0 Å². The molecule has 7 heteroatoms. The summed E-state index contributed by atoms with van der Waals surface area (Å²) in [7, 11) is -3.34. The van der Waals surface area contributed by atoms with Crippen LogP contribution >= 0.6 is 11.8 Å². The van der Waals surface area contributed by atoms with Crippen LogP contribution in [0.5, 0.6) is 0 Å². The van der Waals surface area contributed by atoms with Crippen molar-refractivity contribution in [1.82, 2.24) is 4.98 Å². The van der Waals surface area contributed by atoms with Gasteiger partial charge in [-0.3, -0.25) is 0 Å². The summed E-state index contributed by atoms with van der Waals surface area (Å²) in [6.45, 7) is 3.67. The SMILES string of the molecule is Cc1nc(Sc2cccc(S(C)(=O)=O)c2N)oc1C. The van der Waals surface area contributed by atoms with E-state index in [1.165, 1.54) is 17.8 Å². The molecule has 0 fully saturated rings. The van der Waals surface area contributed by atoms with Gasteiger partial charge in [-0.25, -0.2) is 13.4 Å². The molecule has 0 saturated heterocycles. The molecule has 1 aromatic carbocycles. The van der Waals surface area contributed by atoms with E-state index in [1.54, 1.807) is 12.1 Å². The largest absolute Gasteiger partial charge is 0.436 e. The van der Waals surface area contributed by atoms with E-state index in [1.807, 2.05) is 13.8 Å². The molecular weight excluding hydrogens is 284 g/mol.